The van der Waals surface area contributed by atoms with Crippen molar-refractivity contribution in [1.82, 2.24) is 15.0 Å². The maximum absolute atomic E-state index is 5.95. The number of halogens is 2. The topological polar surface area (TPSA) is 51.1 Å². The van der Waals surface area contributed by atoms with Gasteiger partial charge in [0.2, 0.25) is 0 Å². The third-order valence-corrected chi connectivity index (χ3v) is 6.65. The fraction of sp³-hybridized carbons (Fsp3) is 0.667. The number of alkyl halides is 2. The first-order chi connectivity index (χ1) is 7.83. The van der Waals surface area contributed by atoms with Gasteiger partial charge in [0.25, 0.3) is 0 Å². The number of hydrogen-bond acceptors (Lipinski definition) is 5. The quantitative estimate of drug-likeness (QED) is 0.587. The zero-order chi connectivity index (χ0) is 11.0. The zero-order valence-corrected chi connectivity index (χ0v) is 11.6. The van der Waals surface area contributed by atoms with E-state index in [1.807, 2.05) is 0 Å². The van der Waals surface area contributed by atoms with Crippen molar-refractivity contribution in [1.29, 1.82) is 0 Å². The van der Waals surface area contributed by atoms with Gasteiger partial charge in [0, 0.05) is 0 Å². The summed E-state index contributed by atoms with van der Waals surface area (Å²) in [6.07, 6.45) is 0. The van der Waals surface area contributed by atoms with Crippen molar-refractivity contribution in [3.63, 3.8) is 0 Å². The van der Waals surface area contributed by atoms with Crippen LogP contribution in [0.1, 0.15) is 0 Å². The van der Waals surface area contributed by atoms with Gasteiger partial charge >= 0.3 is 106 Å². The standard InChI is InChI=1S/C9H12ClIN4O/c10-7-12-8(11-1-2-11)14-9(13-7)15-3-5-16-6-4-15/h1-6H2. The van der Waals surface area contributed by atoms with Crippen LogP contribution in [0.5, 0.6) is 0 Å². The van der Waals surface area contributed by atoms with Gasteiger partial charge in [-0.2, -0.15) is 0 Å². The van der Waals surface area contributed by atoms with E-state index in [0.717, 1.165) is 36.1 Å². The van der Waals surface area contributed by atoms with Crippen LogP contribution in [0.2, 0.25) is 5.28 Å². The third kappa shape index (κ3) is 2.38. The Balaban J connectivity index is 1.86. The van der Waals surface area contributed by atoms with E-state index < -0.39 is 19.8 Å². The Morgan fingerprint density at radius 1 is 1.12 bits per heavy atom. The number of aromatic nitrogens is 3. The Morgan fingerprint density at radius 2 is 1.88 bits per heavy atom. The van der Waals surface area contributed by atoms with Crippen LogP contribution in [-0.4, -0.2) is 50.1 Å². The minimum absolute atomic E-state index is 0.343. The molecule has 16 heavy (non-hydrogen) atoms. The van der Waals surface area contributed by atoms with Crippen molar-refractivity contribution in [3.05, 3.63) is 9.11 Å². The van der Waals surface area contributed by atoms with Crippen molar-refractivity contribution >= 4 is 37.4 Å². The molecule has 0 unspecified atom stereocenters. The molecule has 0 radical (unpaired) electrons. The zero-order valence-electron chi connectivity index (χ0n) is 8.70. The molecule has 0 atom stereocenters. The van der Waals surface area contributed by atoms with Gasteiger partial charge in [-0.05, 0) is 0 Å². The Labute approximate surface area is 106 Å². The third-order valence-electron chi connectivity index (χ3n) is 2.48. The summed E-state index contributed by atoms with van der Waals surface area (Å²) in [6.45, 7) is 3.16. The number of rotatable bonds is 2. The van der Waals surface area contributed by atoms with Crippen molar-refractivity contribution < 1.29 is 4.74 Å². The van der Waals surface area contributed by atoms with Crippen molar-refractivity contribution in [3.8, 4) is 0 Å². The van der Waals surface area contributed by atoms with E-state index in [1.165, 1.54) is 8.86 Å². The number of morpholine rings is 1. The first kappa shape index (κ1) is 10.9. The van der Waals surface area contributed by atoms with E-state index in [1.54, 1.807) is 0 Å². The van der Waals surface area contributed by atoms with Crippen LogP contribution in [0.25, 0.3) is 0 Å². The summed E-state index contributed by atoms with van der Waals surface area (Å²) in [7, 11) is 0. The molecule has 3 heterocycles. The van der Waals surface area contributed by atoms with Crippen LogP contribution in [0.4, 0.5) is 5.95 Å². The average Bonchev–Trinajstić information content (AvgIpc) is 3.13. The second-order valence-corrected chi connectivity index (χ2v) is 9.67. The van der Waals surface area contributed by atoms with Crippen LogP contribution >= 0.6 is 31.4 Å². The molecule has 3 rings (SSSR count). The molecule has 7 heteroatoms. The Bertz CT molecular complexity index is 395. The second kappa shape index (κ2) is 4.58. The van der Waals surface area contributed by atoms with Crippen molar-refractivity contribution in [2.75, 3.05) is 40.1 Å². The molecule has 2 fully saturated rings. The molecular weight excluding hydrogens is 342 g/mol. The Morgan fingerprint density at radius 3 is 2.56 bits per heavy atom. The fourth-order valence-corrected chi connectivity index (χ4v) is 5.51. The van der Waals surface area contributed by atoms with Crippen LogP contribution in [0, 0.1) is 3.83 Å². The monoisotopic (exact) mass is 354 g/mol. The van der Waals surface area contributed by atoms with Gasteiger partial charge in [-0.1, -0.05) is 0 Å². The van der Waals surface area contributed by atoms with Crippen molar-refractivity contribution in [2.24, 2.45) is 0 Å². The van der Waals surface area contributed by atoms with Gasteiger partial charge < -0.3 is 0 Å². The molecule has 0 spiro atoms. The second-order valence-electron chi connectivity index (χ2n) is 3.61. The molecule has 1 aromatic heterocycles. The number of nitrogens with zero attached hydrogens (tertiary/aromatic N) is 4. The molecule has 88 valence electrons. The summed E-state index contributed by atoms with van der Waals surface area (Å²) in [5.41, 5.74) is 0. The molecule has 0 aromatic carbocycles. The van der Waals surface area contributed by atoms with Gasteiger partial charge in [-0.3, -0.25) is 0 Å². The summed E-state index contributed by atoms with van der Waals surface area (Å²) in [6, 6.07) is 0. The Kier molecular flexibility index (Phi) is 3.12. The van der Waals surface area contributed by atoms with E-state index in [2.05, 4.69) is 19.9 Å². The summed E-state index contributed by atoms with van der Waals surface area (Å²) in [5, 5.41) is 0.343. The molecule has 1 aromatic rings. The van der Waals surface area contributed by atoms with E-state index >= 15 is 0 Å². The summed E-state index contributed by atoms with van der Waals surface area (Å²) >= 11 is 4.99. The van der Waals surface area contributed by atoms with Crippen LogP contribution in [0.3, 0.4) is 0 Å². The maximum atomic E-state index is 5.95. The molecule has 0 saturated carbocycles. The number of ether oxygens (including phenoxy) is 1. The molecular formula is C9H12ClIN4O. The average molecular weight is 355 g/mol. The number of hydrogen-bond donors (Lipinski definition) is 0. The molecule has 0 N–H and O–H groups in total. The van der Waals surface area contributed by atoms with Gasteiger partial charge in [0.05, 0.1) is 0 Å². The Hall–Kier alpha value is -0.210. The van der Waals surface area contributed by atoms with E-state index in [0.29, 0.717) is 5.28 Å². The SMILES string of the molecule is Clc1nc(N2CCOCC2)nc(I2CC2)n1. The molecule has 2 saturated heterocycles. The van der Waals surface area contributed by atoms with Gasteiger partial charge in [0.15, 0.2) is 0 Å². The van der Waals surface area contributed by atoms with Gasteiger partial charge in [-0.25, -0.2) is 0 Å². The molecule has 0 amide bonds. The summed E-state index contributed by atoms with van der Waals surface area (Å²) < 4.78 is 8.96. The number of anilines is 1. The first-order valence-corrected chi connectivity index (χ1v) is 9.70. The summed E-state index contributed by atoms with van der Waals surface area (Å²) in [4.78, 5) is 15.1. The first-order valence-electron chi connectivity index (χ1n) is 5.19. The molecule has 5 nitrogen and oxygen atoms in total. The summed E-state index contributed by atoms with van der Waals surface area (Å²) in [5.74, 6) is 0.738. The molecule has 0 bridgehead atoms. The molecule has 2 aliphatic heterocycles. The van der Waals surface area contributed by atoms with Crippen LogP contribution < -0.4 is 4.90 Å². The van der Waals surface area contributed by atoms with Crippen LogP contribution in [-0.2, 0) is 4.74 Å². The van der Waals surface area contributed by atoms with Gasteiger partial charge in [-0.15, -0.1) is 0 Å². The predicted octanol–water partition coefficient (Wildman–Crippen LogP) is 1.05. The van der Waals surface area contributed by atoms with E-state index in [9.17, 15) is 0 Å². The fourth-order valence-electron chi connectivity index (χ4n) is 1.55. The van der Waals surface area contributed by atoms with E-state index in [4.69, 9.17) is 16.3 Å². The van der Waals surface area contributed by atoms with Gasteiger partial charge in [0.1, 0.15) is 0 Å². The molecule has 2 aliphatic rings. The minimum atomic E-state index is -0.959. The predicted molar refractivity (Wildman–Crippen MR) is 70.3 cm³/mol. The molecule has 0 aliphatic carbocycles. The normalized spacial score (nSPS) is 22.3. The van der Waals surface area contributed by atoms with E-state index in [-0.39, 0.29) is 0 Å². The van der Waals surface area contributed by atoms with Crippen LogP contribution in [0.15, 0.2) is 0 Å². The van der Waals surface area contributed by atoms with Crippen molar-refractivity contribution in [2.45, 2.75) is 0 Å².